The summed E-state index contributed by atoms with van der Waals surface area (Å²) in [6.45, 7) is 8.95. The van der Waals surface area contributed by atoms with Gasteiger partial charge in [0.25, 0.3) is 0 Å². The number of hydrogen-bond donors (Lipinski definition) is 1. The number of aryl methyl sites for hydroxylation is 1. The largest absolute Gasteiger partial charge is 0.493 e. The van der Waals surface area contributed by atoms with Crippen molar-refractivity contribution in [3.05, 3.63) is 29.3 Å². The molecule has 1 atom stereocenters. The Morgan fingerprint density at radius 2 is 2.14 bits per heavy atom. The second-order valence-electron chi connectivity index (χ2n) is 6.66. The van der Waals surface area contributed by atoms with Gasteiger partial charge >= 0.3 is 0 Å². The van der Waals surface area contributed by atoms with Crippen LogP contribution in [0.1, 0.15) is 57.1 Å². The van der Waals surface area contributed by atoms with Crippen molar-refractivity contribution in [2.45, 2.75) is 64.5 Å². The molecule has 1 saturated carbocycles. The van der Waals surface area contributed by atoms with Gasteiger partial charge in [-0.1, -0.05) is 26.0 Å². The zero-order chi connectivity index (χ0) is 15.5. The Labute approximate surface area is 128 Å². The van der Waals surface area contributed by atoms with E-state index in [1.807, 2.05) is 6.92 Å². The van der Waals surface area contributed by atoms with Crippen molar-refractivity contribution in [2.75, 3.05) is 6.61 Å². The van der Waals surface area contributed by atoms with Crippen molar-refractivity contribution in [3.63, 3.8) is 0 Å². The van der Waals surface area contributed by atoms with Gasteiger partial charge in [0.2, 0.25) is 0 Å². The molecule has 2 rings (SSSR count). The van der Waals surface area contributed by atoms with Gasteiger partial charge in [-0.15, -0.1) is 0 Å². The number of nitrogens with one attached hydrogen (secondary N) is 1. The van der Waals surface area contributed by atoms with Crippen LogP contribution < -0.4 is 10.1 Å². The summed E-state index contributed by atoms with van der Waals surface area (Å²) >= 11 is 0. The smallest absolute Gasteiger partial charge is 0.123 e. The molecule has 0 aromatic heterocycles. The van der Waals surface area contributed by atoms with Crippen LogP contribution in [-0.4, -0.2) is 18.2 Å². The van der Waals surface area contributed by atoms with Gasteiger partial charge in [0.1, 0.15) is 11.3 Å². The van der Waals surface area contributed by atoms with Gasteiger partial charge in [0, 0.05) is 12.5 Å². The molecular weight excluding hydrogens is 260 g/mol. The van der Waals surface area contributed by atoms with Gasteiger partial charge in [-0.3, -0.25) is 5.32 Å². The maximum absolute atomic E-state index is 9.38. The zero-order valence-corrected chi connectivity index (χ0v) is 13.6. The first-order valence-electron chi connectivity index (χ1n) is 7.86. The molecule has 0 amide bonds. The van der Waals surface area contributed by atoms with Crippen LogP contribution in [-0.2, 0) is 0 Å². The van der Waals surface area contributed by atoms with E-state index in [2.05, 4.69) is 50.4 Å². The van der Waals surface area contributed by atoms with Crippen LogP contribution in [0.5, 0.6) is 5.75 Å². The van der Waals surface area contributed by atoms with E-state index in [-0.39, 0.29) is 0 Å². The van der Waals surface area contributed by atoms with Gasteiger partial charge in [-0.25, -0.2) is 0 Å². The highest BCUT2D eigenvalue weighted by Crippen LogP contribution is 2.28. The minimum atomic E-state index is -0.483. The predicted molar refractivity (Wildman–Crippen MR) is 85.6 cm³/mol. The maximum Gasteiger partial charge on any atom is 0.123 e. The Kier molecular flexibility index (Phi) is 4.90. The van der Waals surface area contributed by atoms with Gasteiger partial charge in [-0.05, 0) is 49.8 Å². The third-order valence-corrected chi connectivity index (χ3v) is 4.00. The van der Waals surface area contributed by atoms with E-state index < -0.39 is 5.54 Å². The first kappa shape index (κ1) is 15.9. The van der Waals surface area contributed by atoms with E-state index >= 15 is 0 Å². The predicted octanol–water partition coefficient (Wildman–Crippen LogP) is 3.92. The summed E-state index contributed by atoms with van der Waals surface area (Å²) in [5.74, 6) is 1.39. The summed E-state index contributed by atoms with van der Waals surface area (Å²) in [5, 5.41) is 12.8. The lowest BCUT2D eigenvalue weighted by molar-refractivity contribution is 0.263. The van der Waals surface area contributed by atoms with Crippen molar-refractivity contribution >= 4 is 0 Å². The molecule has 0 spiro atoms. The van der Waals surface area contributed by atoms with Crippen LogP contribution in [0.3, 0.4) is 0 Å². The average molecular weight is 286 g/mol. The minimum absolute atomic E-state index is 0.438. The van der Waals surface area contributed by atoms with Crippen LogP contribution in [0.25, 0.3) is 0 Å². The summed E-state index contributed by atoms with van der Waals surface area (Å²) in [4.78, 5) is 0. The maximum atomic E-state index is 9.38. The van der Waals surface area contributed by atoms with Crippen LogP contribution in [0, 0.1) is 18.3 Å². The lowest BCUT2D eigenvalue weighted by Crippen LogP contribution is -2.43. The number of nitrogens with zero attached hydrogens (tertiary/aromatic N) is 1. The Balaban J connectivity index is 1.96. The second kappa shape index (κ2) is 6.49. The van der Waals surface area contributed by atoms with Gasteiger partial charge < -0.3 is 4.74 Å². The molecule has 1 aliphatic carbocycles. The quantitative estimate of drug-likeness (QED) is 0.826. The fourth-order valence-corrected chi connectivity index (χ4v) is 2.45. The molecule has 0 saturated heterocycles. The topological polar surface area (TPSA) is 45.0 Å². The van der Waals surface area contributed by atoms with E-state index in [9.17, 15) is 5.26 Å². The zero-order valence-electron chi connectivity index (χ0n) is 13.6. The molecule has 3 nitrogen and oxygen atoms in total. The van der Waals surface area contributed by atoms with Crippen molar-refractivity contribution in [3.8, 4) is 11.8 Å². The van der Waals surface area contributed by atoms with E-state index in [0.717, 1.165) is 5.75 Å². The van der Waals surface area contributed by atoms with E-state index in [1.165, 1.54) is 24.0 Å². The minimum Gasteiger partial charge on any atom is -0.493 e. The molecule has 1 N–H and O–H groups in total. The molecule has 0 aliphatic heterocycles. The standard InChI is InChI=1S/C18H26N2O/c1-13(2)16-8-5-14(3)11-17(16)21-10-9-18(4,12-19)20-15-6-7-15/h5,8,11,13,15,20H,6-7,9-10H2,1-4H3. The van der Waals surface area contributed by atoms with E-state index in [4.69, 9.17) is 4.74 Å². The fourth-order valence-electron chi connectivity index (χ4n) is 2.45. The van der Waals surface area contributed by atoms with Crippen LogP contribution in [0.15, 0.2) is 18.2 Å². The molecular formula is C18H26N2O. The lowest BCUT2D eigenvalue weighted by Gasteiger charge is -2.24. The first-order valence-corrected chi connectivity index (χ1v) is 7.86. The molecule has 1 aromatic carbocycles. The molecule has 114 valence electrons. The lowest BCUT2D eigenvalue weighted by atomic mass is 9.99. The highest BCUT2D eigenvalue weighted by atomic mass is 16.5. The van der Waals surface area contributed by atoms with E-state index in [0.29, 0.717) is 25.0 Å². The van der Waals surface area contributed by atoms with Crippen molar-refractivity contribution in [1.29, 1.82) is 5.26 Å². The number of hydrogen-bond acceptors (Lipinski definition) is 3. The summed E-state index contributed by atoms with van der Waals surface area (Å²) in [7, 11) is 0. The molecule has 0 heterocycles. The Bertz CT molecular complexity index is 529. The SMILES string of the molecule is Cc1ccc(C(C)C)c(OCCC(C)(C#N)NC2CC2)c1. The summed E-state index contributed by atoms with van der Waals surface area (Å²) in [6.07, 6.45) is 3.08. The molecule has 21 heavy (non-hydrogen) atoms. The van der Waals surface area contributed by atoms with Crippen molar-refractivity contribution in [1.82, 2.24) is 5.32 Å². The van der Waals surface area contributed by atoms with Gasteiger partial charge in [0.15, 0.2) is 0 Å². The average Bonchev–Trinajstić information content (AvgIpc) is 3.22. The number of rotatable bonds is 7. The number of ether oxygens (including phenoxy) is 1. The van der Waals surface area contributed by atoms with Gasteiger partial charge in [-0.2, -0.15) is 5.26 Å². The Morgan fingerprint density at radius 3 is 2.71 bits per heavy atom. The third-order valence-electron chi connectivity index (χ3n) is 4.00. The van der Waals surface area contributed by atoms with Crippen molar-refractivity contribution in [2.24, 2.45) is 0 Å². The normalized spacial score (nSPS) is 17.3. The third kappa shape index (κ3) is 4.47. The van der Waals surface area contributed by atoms with Gasteiger partial charge in [0.05, 0.1) is 12.7 Å². The van der Waals surface area contributed by atoms with E-state index in [1.54, 1.807) is 0 Å². The van der Waals surface area contributed by atoms with Crippen molar-refractivity contribution < 1.29 is 4.74 Å². The highest BCUT2D eigenvalue weighted by Gasteiger charge is 2.32. The summed E-state index contributed by atoms with van der Waals surface area (Å²) in [6, 6.07) is 9.27. The first-order chi connectivity index (χ1) is 9.93. The monoisotopic (exact) mass is 286 g/mol. The second-order valence-corrected chi connectivity index (χ2v) is 6.66. The number of nitriles is 1. The Hall–Kier alpha value is -1.53. The molecule has 1 fully saturated rings. The fraction of sp³-hybridized carbons (Fsp3) is 0.611. The summed E-state index contributed by atoms with van der Waals surface area (Å²) in [5.41, 5.74) is 1.95. The summed E-state index contributed by atoms with van der Waals surface area (Å²) < 4.78 is 5.99. The molecule has 0 bridgehead atoms. The molecule has 1 aliphatic rings. The molecule has 3 heteroatoms. The van der Waals surface area contributed by atoms with Crippen LogP contribution in [0.4, 0.5) is 0 Å². The molecule has 0 radical (unpaired) electrons. The molecule has 1 unspecified atom stereocenters. The number of benzene rings is 1. The Morgan fingerprint density at radius 1 is 1.43 bits per heavy atom. The van der Waals surface area contributed by atoms with Crippen LogP contribution >= 0.6 is 0 Å². The molecule has 1 aromatic rings. The highest BCUT2D eigenvalue weighted by molar-refractivity contribution is 5.39. The van der Waals surface area contributed by atoms with Crippen LogP contribution in [0.2, 0.25) is 0 Å².